The van der Waals surface area contributed by atoms with E-state index >= 15 is 0 Å². The molecule has 0 aliphatic carbocycles. The summed E-state index contributed by atoms with van der Waals surface area (Å²) in [5, 5.41) is 10.6. The van der Waals surface area contributed by atoms with Gasteiger partial charge in [0.05, 0.1) is 0 Å². The summed E-state index contributed by atoms with van der Waals surface area (Å²) in [5.74, 6) is 2.52. The second kappa shape index (κ2) is 26.4. The topological polar surface area (TPSA) is 40.6 Å². The molecule has 1 aromatic heterocycles. The Morgan fingerprint density at radius 3 is 1.15 bits per heavy atom. The summed E-state index contributed by atoms with van der Waals surface area (Å²) in [6, 6.07) is 59.3. The van der Waals surface area contributed by atoms with E-state index in [0.717, 1.165) is 17.2 Å². The number of methoxy groups -OCH3 is 3. The Bertz CT molecular complexity index is 3160. The Hall–Kier alpha value is -2.66. The molecule has 72 heavy (non-hydrogen) atoms. The van der Waals surface area contributed by atoms with Crippen LogP contribution in [-0.4, -0.2) is 118 Å². The summed E-state index contributed by atoms with van der Waals surface area (Å²) in [6.07, 6.45) is 3.77. The number of rotatable bonds is 8. The summed E-state index contributed by atoms with van der Waals surface area (Å²) in [7, 11) is 5.06. The van der Waals surface area contributed by atoms with Crippen molar-refractivity contribution in [2.75, 3.05) is 21.3 Å². The average molecular weight is 1500 g/mol. The van der Waals surface area contributed by atoms with Crippen LogP contribution in [0.1, 0.15) is 0 Å². The second-order valence-corrected chi connectivity index (χ2v) is 96.1. The van der Waals surface area contributed by atoms with Crippen molar-refractivity contribution in [3.05, 3.63) is 176 Å². The first kappa shape index (κ1) is 60.2. The molecule has 9 rings (SSSR count). The van der Waals surface area contributed by atoms with Crippen LogP contribution in [0.15, 0.2) is 176 Å². The first-order valence-electron chi connectivity index (χ1n) is 25.4. The van der Waals surface area contributed by atoms with Gasteiger partial charge in [-0.15, -0.1) is 0 Å². The molecule has 9 heteroatoms. The van der Waals surface area contributed by atoms with Gasteiger partial charge >= 0.3 is 461 Å². The maximum absolute atomic E-state index is 5.36. The maximum atomic E-state index is 5.36. The summed E-state index contributed by atoms with van der Waals surface area (Å²) in [5.41, 5.74) is 0. The third-order valence-electron chi connectivity index (χ3n) is 12.9. The van der Waals surface area contributed by atoms with Crippen LogP contribution in [0.25, 0.3) is 43.1 Å². The summed E-state index contributed by atoms with van der Waals surface area (Å²) >= 11 is -9.47. The molecule has 0 bridgehead atoms. The van der Waals surface area contributed by atoms with Crippen molar-refractivity contribution < 1.29 is 14.2 Å². The average Bonchev–Trinajstić information content (AvgIpc) is 3.34. The van der Waals surface area contributed by atoms with E-state index in [1.807, 2.05) is 24.5 Å². The molecule has 0 amide bonds. The molecular weight excluding hydrogens is 1410 g/mol. The van der Waals surface area contributed by atoms with E-state index in [1.165, 1.54) is 46.7 Å². The van der Waals surface area contributed by atoms with E-state index in [1.54, 1.807) is 35.6 Å². The van der Waals surface area contributed by atoms with Crippen molar-refractivity contribution in [2.24, 2.45) is 0 Å². The zero-order valence-corrected chi connectivity index (χ0v) is 61.2. The molecule has 0 unspecified atom stereocenters. The number of fused-ring (bicyclic) bond motifs is 4. The van der Waals surface area contributed by atoms with E-state index < -0.39 is 91.9 Å². The van der Waals surface area contributed by atoms with Crippen LogP contribution in [0.4, 0.5) is 0 Å². The molecule has 0 radical (unpaired) electrons. The van der Waals surface area contributed by atoms with Crippen LogP contribution in [0, 0.1) is 0 Å². The summed E-state index contributed by atoms with van der Waals surface area (Å²) < 4.78 is 23.8. The van der Waals surface area contributed by atoms with Crippen molar-refractivity contribution in [1.29, 1.82) is 0 Å². The van der Waals surface area contributed by atoms with Gasteiger partial charge in [0.1, 0.15) is 0 Å². The zero-order valence-electron chi connectivity index (χ0n) is 46.9. The van der Waals surface area contributed by atoms with Gasteiger partial charge in [-0.3, -0.25) is 0 Å². The molecule has 378 valence electrons. The van der Waals surface area contributed by atoms with Gasteiger partial charge in [0.2, 0.25) is 0 Å². The number of benzene rings is 8. The molecule has 0 fully saturated rings. The van der Waals surface area contributed by atoms with E-state index in [4.69, 9.17) is 14.2 Å². The standard InChI is InChI=1S/C12H11O2.C11H9O.2C10H7.C5H4N.15CH3.5Sn/c1-13-11-7-9-5-3-4-6-10(9)8-12(11)14-2;1-12-11-7-6-9-4-2-3-5-10(9)8-11;2*1-2-6-10-8-4-3-7-9(10)5-1;1-2-4-6-5-3-1;;;;;;;;;;;;;;;;;;;;/h3,5-8H,1-2H3;3-8H,1H3;1-3,5-8H;1-7H;2-5H;15*1H3;;;;;. The van der Waals surface area contributed by atoms with Gasteiger partial charge in [0, 0.05) is 0 Å². The molecular formula is C63H83NO3Sn5. The minimum absolute atomic E-state index is 0.789. The number of hydrogen-bond donors (Lipinski definition) is 0. The second-order valence-electron chi connectivity index (χ2n) is 23.8. The van der Waals surface area contributed by atoms with Crippen LogP contribution < -0.4 is 32.1 Å². The van der Waals surface area contributed by atoms with Gasteiger partial charge in [-0.05, 0) is 0 Å². The molecule has 1 heterocycles. The van der Waals surface area contributed by atoms with Crippen molar-refractivity contribution in [3.63, 3.8) is 0 Å². The Morgan fingerprint density at radius 1 is 0.292 bits per heavy atom. The Kier molecular flexibility index (Phi) is 22.1. The van der Waals surface area contributed by atoms with E-state index in [0.29, 0.717) is 0 Å². The molecule has 0 saturated heterocycles. The first-order valence-corrected chi connectivity index (χ1v) is 75.3. The van der Waals surface area contributed by atoms with Crippen molar-refractivity contribution in [3.8, 4) is 17.2 Å². The van der Waals surface area contributed by atoms with Gasteiger partial charge in [-0.2, -0.15) is 0 Å². The molecule has 0 aliphatic rings. The minimum atomic E-state index is -2.00. The van der Waals surface area contributed by atoms with E-state index in [9.17, 15) is 0 Å². The number of nitrogens with zero attached hydrogens (tertiary/aromatic N) is 1. The van der Waals surface area contributed by atoms with Crippen LogP contribution in [0.5, 0.6) is 17.2 Å². The predicted octanol–water partition coefficient (Wildman–Crippen LogP) is 15.2. The van der Waals surface area contributed by atoms with Gasteiger partial charge in [-0.1, -0.05) is 0 Å². The number of ether oxygens (including phenoxy) is 3. The molecule has 8 aromatic carbocycles. The van der Waals surface area contributed by atoms with Gasteiger partial charge in [0.15, 0.2) is 0 Å². The monoisotopic (exact) mass is 1500 g/mol. The normalized spacial score (nSPS) is 11.8. The van der Waals surface area contributed by atoms with Gasteiger partial charge in [0.25, 0.3) is 0 Å². The molecule has 0 aliphatic heterocycles. The summed E-state index contributed by atoms with van der Waals surface area (Å²) in [4.78, 5) is 40.6. The third kappa shape index (κ3) is 17.7. The number of aromatic nitrogens is 1. The quantitative estimate of drug-likeness (QED) is 0.142. The van der Waals surface area contributed by atoms with Gasteiger partial charge in [-0.25, -0.2) is 0 Å². The van der Waals surface area contributed by atoms with E-state index in [2.05, 4.69) is 231 Å². The van der Waals surface area contributed by atoms with E-state index in [-0.39, 0.29) is 0 Å². The van der Waals surface area contributed by atoms with Crippen LogP contribution in [-0.2, 0) is 0 Å². The van der Waals surface area contributed by atoms with Crippen molar-refractivity contribution in [1.82, 2.24) is 4.98 Å². The number of hydrogen-bond acceptors (Lipinski definition) is 4. The fourth-order valence-corrected chi connectivity index (χ4v) is 26.2. The van der Waals surface area contributed by atoms with Crippen molar-refractivity contribution in [2.45, 2.75) is 74.1 Å². The van der Waals surface area contributed by atoms with Crippen LogP contribution in [0.3, 0.4) is 0 Å². The van der Waals surface area contributed by atoms with Crippen molar-refractivity contribution >= 4 is 153 Å². The summed E-state index contributed by atoms with van der Waals surface area (Å²) in [6.45, 7) is 0. The fraction of sp³-hybridized carbons (Fsp3) is 0.286. The molecule has 0 N–H and O–H groups in total. The van der Waals surface area contributed by atoms with Gasteiger partial charge < -0.3 is 0 Å². The molecule has 9 aromatic rings. The molecule has 4 nitrogen and oxygen atoms in total. The molecule has 0 atom stereocenters. The first-order chi connectivity index (χ1) is 33.7. The van der Waals surface area contributed by atoms with Crippen LogP contribution >= 0.6 is 0 Å². The Labute approximate surface area is 455 Å². The fourth-order valence-electron chi connectivity index (χ4n) is 8.25. The van der Waals surface area contributed by atoms with Crippen LogP contribution in [0.2, 0.25) is 74.1 Å². The Morgan fingerprint density at radius 2 is 0.681 bits per heavy atom. The molecule has 0 saturated carbocycles. The number of pyridine rings is 1. The SMILES string of the molecule is COc1cc2cc[c]([Sn]([CH3])([CH3])[CH3])cc2cc1OC.COc1ccc2c[c]([Sn]([CH3])([CH3])[CH3])ccc2c1.[CH3][Sn]([CH3])([CH3])[c]1ccc2ccccc2c1.[CH3][Sn]([CH3])([CH3])[c]1cccc2ccccc12.[CH3][Sn]([CH3])([CH3])[c]1ccncc1. The Balaban J connectivity index is 0.000000169. The third-order valence-corrected chi connectivity index (χ3v) is 42.1. The molecule has 0 spiro atoms. The predicted molar refractivity (Wildman–Crippen MR) is 335 cm³/mol. The zero-order chi connectivity index (χ0) is 53.1.